The van der Waals surface area contributed by atoms with E-state index in [2.05, 4.69) is 17.1 Å². The second kappa shape index (κ2) is 3.19. The number of likely N-dealkylation sites (tertiary alicyclic amines) is 1. The van der Waals surface area contributed by atoms with Crippen molar-refractivity contribution in [3.8, 4) is 6.07 Å². The van der Waals surface area contributed by atoms with Gasteiger partial charge in [-0.15, -0.1) is 0 Å². The highest BCUT2D eigenvalue weighted by molar-refractivity contribution is 5.22. The first-order valence-electron chi connectivity index (χ1n) is 4.35. The third-order valence-corrected chi connectivity index (χ3v) is 2.44. The zero-order valence-corrected chi connectivity index (χ0v) is 7.53. The summed E-state index contributed by atoms with van der Waals surface area (Å²) in [6.45, 7) is 2.09. The summed E-state index contributed by atoms with van der Waals surface area (Å²) < 4.78 is 5.09. The molecule has 4 nitrogen and oxygen atoms in total. The van der Waals surface area contributed by atoms with Gasteiger partial charge in [0.05, 0.1) is 0 Å². The minimum atomic E-state index is 0.379. The molecule has 1 fully saturated rings. The topological polar surface area (TPSA) is 53.1 Å². The lowest BCUT2D eigenvalue weighted by atomic mass is 10.1. The smallest absolute Gasteiger partial charge is 0.183 e. The van der Waals surface area contributed by atoms with Crippen LogP contribution in [0.2, 0.25) is 0 Å². The van der Waals surface area contributed by atoms with E-state index in [4.69, 9.17) is 9.78 Å². The Balaban J connectivity index is 2.13. The van der Waals surface area contributed by atoms with Crippen LogP contribution in [0.1, 0.15) is 23.8 Å². The fourth-order valence-corrected chi connectivity index (χ4v) is 1.70. The quantitative estimate of drug-likeness (QED) is 0.641. The molecule has 1 unspecified atom stereocenters. The first-order chi connectivity index (χ1) is 6.29. The summed E-state index contributed by atoms with van der Waals surface area (Å²) in [6, 6.07) is 3.70. The van der Waals surface area contributed by atoms with Crippen molar-refractivity contribution >= 4 is 0 Å². The average molecular weight is 177 g/mol. The van der Waals surface area contributed by atoms with E-state index in [0.717, 1.165) is 25.3 Å². The Hall–Kier alpha value is -1.34. The molecule has 0 saturated carbocycles. The van der Waals surface area contributed by atoms with Crippen LogP contribution in [-0.4, -0.2) is 30.2 Å². The van der Waals surface area contributed by atoms with E-state index in [0.29, 0.717) is 11.6 Å². The first-order valence-corrected chi connectivity index (χ1v) is 4.35. The minimum absolute atomic E-state index is 0.379. The van der Waals surface area contributed by atoms with Crippen molar-refractivity contribution in [2.45, 2.75) is 12.3 Å². The number of likely N-dealkylation sites (N-methyl/N-ethyl adjacent to an activating group) is 1. The number of hydrogen-bond acceptors (Lipinski definition) is 4. The number of rotatable bonds is 1. The largest absolute Gasteiger partial charge is 0.360 e. The molecule has 2 heterocycles. The van der Waals surface area contributed by atoms with Gasteiger partial charge in [0.2, 0.25) is 0 Å². The second-order valence-corrected chi connectivity index (χ2v) is 3.47. The van der Waals surface area contributed by atoms with Crippen LogP contribution in [0.5, 0.6) is 0 Å². The summed E-state index contributed by atoms with van der Waals surface area (Å²) in [7, 11) is 2.08. The second-order valence-electron chi connectivity index (χ2n) is 3.47. The van der Waals surface area contributed by atoms with E-state index in [1.807, 2.05) is 6.07 Å². The van der Waals surface area contributed by atoms with Crippen LogP contribution in [0, 0.1) is 11.3 Å². The molecule has 0 aromatic carbocycles. The van der Waals surface area contributed by atoms with Crippen molar-refractivity contribution in [3.05, 3.63) is 17.5 Å². The molecule has 0 amide bonds. The van der Waals surface area contributed by atoms with Gasteiger partial charge < -0.3 is 9.42 Å². The maximum Gasteiger partial charge on any atom is 0.183 e. The first kappa shape index (κ1) is 8.27. The van der Waals surface area contributed by atoms with E-state index in [1.54, 1.807) is 6.07 Å². The highest BCUT2D eigenvalue weighted by atomic mass is 16.5. The average Bonchev–Trinajstić information content (AvgIpc) is 2.71. The monoisotopic (exact) mass is 177 g/mol. The highest BCUT2D eigenvalue weighted by Crippen LogP contribution is 2.26. The van der Waals surface area contributed by atoms with Crippen molar-refractivity contribution < 1.29 is 4.52 Å². The van der Waals surface area contributed by atoms with Crippen LogP contribution in [0.3, 0.4) is 0 Å². The van der Waals surface area contributed by atoms with E-state index in [9.17, 15) is 0 Å². The van der Waals surface area contributed by atoms with Crippen LogP contribution in [0.25, 0.3) is 0 Å². The fraction of sp³-hybridized carbons (Fsp3) is 0.556. The Morgan fingerprint density at radius 3 is 3.15 bits per heavy atom. The van der Waals surface area contributed by atoms with Crippen LogP contribution in [0.15, 0.2) is 10.6 Å². The molecule has 68 valence electrons. The zero-order chi connectivity index (χ0) is 9.26. The van der Waals surface area contributed by atoms with Gasteiger partial charge in [-0.3, -0.25) is 0 Å². The normalized spacial score (nSPS) is 23.2. The molecule has 4 heteroatoms. The molecular formula is C9H11N3O. The molecule has 1 aliphatic heterocycles. The third kappa shape index (κ3) is 1.56. The van der Waals surface area contributed by atoms with Gasteiger partial charge in [-0.05, 0) is 20.0 Å². The van der Waals surface area contributed by atoms with Gasteiger partial charge >= 0.3 is 0 Å². The standard InChI is InChI=1S/C9H11N3O/c1-12-3-2-7(6-12)9-4-8(5-10)11-13-9/h4,7H,2-3,6H2,1H3. The van der Waals surface area contributed by atoms with Gasteiger partial charge in [0.25, 0.3) is 0 Å². The van der Waals surface area contributed by atoms with Crippen LogP contribution >= 0.6 is 0 Å². The molecule has 13 heavy (non-hydrogen) atoms. The zero-order valence-electron chi connectivity index (χ0n) is 7.53. The maximum atomic E-state index is 8.56. The van der Waals surface area contributed by atoms with Gasteiger partial charge in [-0.2, -0.15) is 5.26 Å². The molecule has 1 atom stereocenters. The van der Waals surface area contributed by atoms with Gasteiger partial charge in [0.15, 0.2) is 5.69 Å². The molecule has 0 spiro atoms. The van der Waals surface area contributed by atoms with Gasteiger partial charge in [0.1, 0.15) is 11.8 Å². The molecule has 0 aliphatic carbocycles. The lowest BCUT2D eigenvalue weighted by Gasteiger charge is -2.05. The van der Waals surface area contributed by atoms with E-state index in [-0.39, 0.29) is 0 Å². The van der Waals surface area contributed by atoms with Crippen LogP contribution in [0.4, 0.5) is 0 Å². The van der Waals surface area contributed by atoms with Crippen molar-refractivity contribution in [2.24, 2.45) is 0 Å². The number of hydrogen-bond donors (Lipinski definition) is 0. The van der Waals surface area contributed by atoms with Gasteiger partial charge in [0, 0.05) is 18.5 Å². The van der Waals surface area contributed by atoms with Gasteiger partial charge in [-0.25, -0.2) is 0 Å². The van der Waals surface area contributed by atoms with Crippen molar-refractivity contribution in [2.75, 3.05) is 20.1 Å². The fourth-order valence-electron chi connectivity index (χ4n) is 1.70. The Morgan fingerprint density at radius 2 is 2.62 bits per heavy atom. The summed E-state index contributed by atoms with van der Waals surface area (Å²) >= 11 is 0. The lowest BCUT2D eigenvalue weighted by Crippen LogP contribution is -2.13. The van der Waals surface area contributed by atoms with E-state index < -0.39 is 0 Å². The molecule has 1 aromatic heterocycles. The van der Waals surface area contributed by atoms with Crippen LogP contribution in [-0.2, 0) is 0 Å². The van der Waals surface area contributed by atoms with Crippen molar-refractivity contribution in [1.82, 2.24) is 10.1 Å². The summed E-state index contributed by atoms with van der Waals surface area (Å²) in [6.07, 6.45) is 1.09. The SMILES string of the molecule is CN1CCC(c2cc(C#N)no2)C1. The number of nitrogens with zero attached hydrogens (tertiary/aromatic N) is 3. The summed E-state index contributed by atoms with van der Waals surface area (Å²) in [5.74, 6) is 1.26. The summed E-state index contributed by atoms with van der Waals surface area (Å²) in [5.41, 5.74) is 0.379. The van der Waals surface area contributed by atoms with E-state index in [1.165, 1.54) is 0 Å². The lowest BCUT2D eigenvalue weighted by molar-refractivity contribution is 0.349. The molecule has 0 bridgehead atoms. The van der Waals surface area contributed by atoms with E-state index >= 15 is 0 Å². The number of aromatic nitrogens is 1. The highest BCUT2D eigenvalue weighted by Gasteiger charge is 2.24. The molecule has 0 radical (unpaired) electrons. The Bertz CT molecular complexity index is 339. The predicted molar refractivity (Wildman–Crippen MR) is 46.1 cm³/mol. The molecule has 1 aromatic rings. The molecule has 1 aliphatic rings. The maximum absolute atomic E-state index is 8.56. The van der Waals surface area contributed by atoms with Crippen molar-refractivity contribution in [1.29, 1.82) is 5.26 Å². The van der Waals surface area contributed by atoms with Crippen LogP contribution < -0.4 is 0 Å². The van der Waals surface area contributed by atoms with Gasteiger partial charge in [-0.1, -0.05) is 5.16 Å². The van der Waals surface area contributed by atoms with Crippen molar-refractivity contribution in [3.63, 3.8) is 0 Å². The Morgan fingerprint density at radius 1 is 1.77 bits per heavy atom. The Kier molecular flexibility index (Phi) is 2.03. The summed E-state index contributed by atoms with van der Waals surface area (Å²) in [4.78, 5) is 2.25. The predicted octanol–water partition coefficient (Wildman–Crippen LogP) is 0.965. The third-order valence-electron chi connectivity index (χ3n) is 2.44. The Labute approximate surface area is 76.7 Å². The molecular weight excluding hydrogens is 166 g/mol. The minimum Gasteiger partial charge on any atom is -0.360 e. The molecule has 0 N–H and O–H groups in total. The molecule has 2 rings (SSSR count). The number of nitriles is 1. The molecule has 1 saturated heterocycles. The summed E-state index contributed by atoms with van der Waals surface area (Å²) in [5, 5.41) is 12.2.